The Morgan fingerprint density at radius 2 is 1.50 bits per heavy atom. The standard InChI is InChI=1S/C19H21N3O6S2/c1-12(19(26)22-14-4-8-16(9-5-14)30(20,27)28)29-15-6-2-13(3-7-15)21-17(23)10-11-18(24)25/h2-9,12H,10-11H2,1H3,(H,21,23)(H,22,26)(H,24,25)(H2,20,27,28). The maximum atomic E-state index is 12.4. The highest BCUT2D eigenvalue weighted by atomic mass is 32.2. The molecule has 2 amide bonds. The van der Waals surface area contributed by atoms with Crippen LogP contribution in [0.4, 0.5) is 11.4 Å². The molecular weight excluding hydrogens is 430 g/mol. The van der Waals surface area contributed by atoms with Crippen molar-refractivity contribution in [1.29, 1.82) is 0 Å². The van der Waals surface area contributed by atoms with E-state index >= 15 is 0 Å². The number of anilines is 2. The second kappa shape index (κ2) is 10.2. The average Bonchev–Trinajstić information content (AvgIpc) is 2.67. The summed E-state index contributed by atoms with van der Waals surface area (Å²) in [5, 5.41) is 18.5. The fraction of sp³-hybridized carbons (Fsp3) is 0.211. The van der Waals surface area contributed by atoms with Gasteiger partial charge in [0.25, 0.3) is 0 Å². The molecule has 1 atom stereocenters. The van der Waals surface area contributed by atoms with Crippen LogP contribution in [0, 0.1) is 0 Å². The zero-order valence-corrected chi connectivity index (χ0v) is 17.6. The number of rotatable bonds is 9. The van der Waals surface area contributed by atoms with Crippen LogP contribution in [0.1, 0.15) is 19.8 Å². The Bertz CT molecular complexity index is 1020. The molecule has 0 saturated carbocycles. The van der Waals surface area contributed by atoms with Crippen LogP contribution in [0.3, 0.4) is 0 Å². The van der Waals surface area contributed by atoms with E-state index in [4.69, 9.17) is 10.2 Å². The number of sulfonamides is 1. The van der Waals surface area contributed by atoms with Crippen LogP contribution < -0.4 is 15.8 Å². The van der Waals surface area contributed by atoms with E-state index < -0.39 is 21.2 Å². The van der Waals surface area contributed by atoms with Gasteiger partial charge in [-0.25, -0.2) is 13.6 Å². The summed E-state index contributed by atoms with van der Waals surface area (Å²) in [6.07, 6.45) is -0.349. The molecule has 5 N–H and O–H groups in total. The third-order valence-electron chi connectivity index (χ3n) is 3.84. The maximum absolute atomic E-state index is 12.4. The molecule has 2 rings (SSSR count). The van der Waals surface area contributed by atoms with E-state index in [1.54, 1.807) is 31.2 Å². The van der Waals surface area contributed by atoms with Gasteiger partial charge in [-0.3, -0.25) is 14.4 Å². The lowest BCUT2D eigenvalue weighted by Crippen LogP contribution is -2.22. The Morgan fingerprint density at radius 1 is 0.967 bits per heavy atom. The van der Waals surface area contributed by atoms with E-state index in [0.717, 1.165) is 4.90 Å². The van der Waals surface area contributed by atoms with Crippen LogP contribution in [0.25, 0.3) is 0 Å². The quantitative estimate of drug-likeness (QED) is 0.426. The molecule has 0 saturated heterocycles. The molecule has 0 heterocycles. The van der Waals surface area contributed by atoms with Gasteiger partial charge in [0.15, 0.2) is 0 Å². The lowest BCUT2D eigenvalue weighted by Gasteiger charge is -2.13. The van der Waals surface area contributed by atoms with Crippen molar-refractivity contribution in [3.8, 4) is 0 Å². The number of amides is 2. The molecule has 160 valence electrons. The first-order valence-electron chi connectivity index (χ1n) is 8.76. The van der Waals surface area contributed by atoms with E-state index in [1.165, 1.54) is 36.0 Å². The first-order chi connectivity index (χ1) is 14.0. The number of benzene rings is 2. The molecule has 30 heavy (non-hydrogen) atoms. The molecule has 11 heteroatoms. The molecule has 0 aliphatic carbocycles. The van der Waals surface area contributed by atoms with E-state index in [2.05, 4.69) is 10.6 Å². The number of carbonyl (C=O) groups excluding carboxylic acids is 2. The molecule has 0 aliphatic rings. The summed E-state index contributed by atoms with van der Waals surface area (Å²) in [5.74, 6) is -1.70. The summed E-state index contributed by atoms with van der Waals surface area (Å²) in [7, 11) is -3.79. The van der Waals surface area contributed by atoms with Crippen LogP contribution in [-0.4, -0.2) is 36.6 Å². The van der Waals surface area contributed by atoms with E-state index in [9.17, 15) is 22.8 Å². The van der Waals surface area contributed by atoms with Gasteiger partial charge in [0, 0.05) is 22.7 Å². The molecule has 0 bridgehead atoms. The number of nitrogens with two attached hydrogens (primary N) is 1. The van der Waals surface area contributed by atoms with E-state index in [-0.39, 0.29) is 29.6 Å². The van der Waals surface area contributed by atoms with Crippen molar-refractivity contribution in [2.24, 2.45) is 5.14 Å². The number of nitrogens with one attached hydrogen (secondary N) is 2. The Balaban J connectivity index is 1.89. The number of aliphatic carboxylic acids is 1. The smallest absolute Gasteiger partial charge is 0.303 e. The molecular formula is C19H21N3O6S2. The zero-order valence-electron chi connectivity index (χ0n) is 16.0. The van der Waals surface area contributed by atoms with Crippen molar-refractivity contribution >= 4 is 50.9 Å². The second-order valence-corrected chi connectivity index (χ2v) is 9.26. The highest BCUT2D eigenvalue weighted by Gasteiger charge is 2.15. The van der Waals surface area contributed by atoms with Gasteiger partial charge in [0.05, 0.1) is 16.6 Å². The summed E-state index contributed by atoms with van der Waals surface area (Å²) in [6, 6.07) is 12.3. The van der Waals surface area contributed by atoms with E-state index in [1.807, 2.05) is 0 Å². The number of carbonyl (C=O) groups is 3. The van der Waals surface area contributed by atoms with Crippen molar-refractivity contribution in [3.05, 3.63) is 48.5 Å². The summed E-state index contributed by atoms with van der Waals surface area (Å²) in [6.45, 7) is 1.72. The number of hydrogen-bond acceptors (Lipinski definition) is 6. The Labute approximate surface area is 178 Å². The number of thioether (sulfide) groups is 1. The molecule has 0 fully saturated rings. The monoisotopic (exact) mass is 451 g/mol. The number of hydrogen-bond donors (Lipinski definition) is 4. The van der Waals surface area contributed by atoms with Crippen molar-refractivity contribution < 1.29 is 27.9 Å². The fourth-order valence-corrected chi connectivity index (χ4v) is 3.67. The molecule has 0 spiro atoms. The topological polar surface area (TPSA) is 156 Å². The number of primary sulfonamides is 1. The second-order valence-electron chi connectivity index (χ2n) is 6.29. The third-order valence-corrected chi connectivity index (χ3v) is 5.88. The number of carboxylic acid groups (broad SMARTS) is 1. The van der Waals surface area contributed by atoms with Crippen molar-refractivity contribution in [2.45, 2.75) is 34.8 Å². The minimum Gasteiger partial charge on any atom is -0.481 e. The SMILES string of the molecule is CC(Sc1ccc(NC(=O)CCC(=O)O)cc1)C(=O)Nc1ccc(S(N)(=O)=O)cc1. The highest BCUT2D eigenvalue weighted by molar-refractivity contribution is 8.00. The van der Waals surface area contributed by atoms with Crippen molar-refractivity contribution in [3.63, 3.8) is 0 Å². The van der Waals surface area contributed by atoms with Gasteiger partial charge in [-0.2, -0.15) is 0 Å². The summed E-state index contributed by atoms with van der Waals surface area (Å²) in [4.78, 5) is 35.2. The highest BCUT2D eigenvalue weighted by Crippen LogP contribution is 2.26. The van der Waals surface area contributed by atoms with Gasteiger partial charge in [-0.1, -0.05) is 0 Å². The summed E-state index contributed by atoms with van der Waals surface area (Å²) in [5.41, 5.74) is 0.973. The first-order valence-corrected chi connectivity index (χ1v) is 11.2. The Kier molecular flexibility index (Phi) is 7.98. The predicted molar refractivity (Wildman–Crippen MR) is 114 cm³/mol. The molecule has 0 aromatic heterocycles. The van der Waals surface area contributed by atoms with Crippen molar-refractivity contribution in [2.75, 3.05) is 10.6 Å². The van der Waals surface area contributed by atoms with Gasteiger partial charge in [-0.05, 0) is 55.5 Å². The van der Waals surface area contributed by atoms with Crippen LogP contribution >= 0.6 is 11.8 Å². The van der Waals surface area contributed by atoms with Crippen LogP contribution in [0.5, 0.6) is 0 Å². The summed E-state index contributed by atoms with van der Waals surface area (Å²) >= 11 is 1.30. The number of carboxylic acids is 1. The van der Waals surface area contributed by atoms with E-state index in [0.29, 0.717) is 11.4 Å². The Hall–Kier alpha value is -2.89. The van der Waals surface area contributed by atoms with Crippen LogP contribution in [0.15, 0.2) is 58.3 Å². The lowest BCUT2D eigenvalue weighted by atomic mass is 10.2. The van der Waals surface area contributed by atoms with Gasteiger partial charge in [0.1, 0.15) is 0 Å². The van der Waals surface area contributed by atoms with Crippen LogP contribution in [-0.2, 0) is 24.4 Å². The molecule has 2 aromatic carbocycles. The predicted octanol–water partition coefficient (Wildman–Crippen LogP) is 2.26. The summed E-state index contributed by atoms with van der Waals surface area (Å²) < 4.78 is 22.5. The zero-order chi connectivity index (χ0) is 22.3. The van der Waals surface area contributed by atoms with Crippen molar-refractivity contribution in [1.82, 2.24) is 0 Å². The molecule has 1 unspecified atom stereocenters. The molecule has 2 aromatic rings. The molecule has 0 aliphatic heterocycles. The molecule has 0 radical (unpaired) electrons. The van der Waals surface area contributed by atoms with Gasteiger partial charge in [-0.15, -0.1) is 11.8 Å². The third kappa shape index (κ3) is 7.50. The largest absolute Gasteiger partial charge is 0.481 e. The molecule has 9 nitrogen and oxygen atoms in total. The first kappa shape index (κ1) is 23.4. The fourth-order valence-electron chi connectivity index (χ4n) is 2.29. The minimum absolute atomic E-state index is 0.0435. The average molecular weight is 452 g/mol. The normalized spacial score (nSPS) is 12.1. The van der Waals surface area contributed by atoms with Gasteiger partial charge in [0.2, 0.25) is 21.8 Å². The van der Waals surface area contributed by atoms with Gasteiger partial charge >= 0.3 is 5.97 Å². The van der Waals surface area contributed by atoms with Gasteiger partial charge < -0.3 is 15.7 Å². The maximum Gasteiger partial charge on any atom is 0.303 e. The van der Waals surface area contributed by atoms with Crippen LogP contribution in [0.2, 0.25) is 0 Å². The Morgan fingerprint density at radius 3 is 2.03 bits per heavy atom. The lowest BCUT2D eigenvalue weighted by molar-refractivity contribution is -0.138. The minimum atomic E-state index is -3.79.